The first kappa shape index (κ1) is 9.08. The highest BCUT2D eigenvalue weighted by Crippen LogP contribution is 2.20. The first-order chi connectivity index (χ1) is 5.84. The van der Waals surface area contributed by atoms with Crippen molar-refractivity contribution >= 4 is 21.6 Å². The summed E-state index contributed by atoms with van der Waals surface area (Å²) in [7, 11) is 0. The van der Waals surface area contributed by atoms with E-state index in [-0.39, 0.29) is 0 Å². The molecule has 0 bridgehead atoms. The first-order valence-corrected chi connectivity index (χ1v) is 4.49. The Hall–Kier alpha value is -1.01. The molecular weight excluding hydrogens is 216 g/mol. The third kappa shape index (κ3) is 2.55. The monoisotopic (exact) mass is 224 g/mol. The third-order valence-corrected chi connectivity index (χ3v) is 2.12. The fourth-order valence-electron chi connectivity index (χ4n) is 0.858. The zero-order valence-corrected chi connectivity index (χ0v) is 8.13. The van der Waals surface area contributed by atoms with Crippen molar-refractivity contribution < 1.29 is 0 Å². The predicted octanol–water partition coefficient (Wildman–Crippen LogP) is 2.77. The average molecular weight is 225 g/mol. The summed E-state index contributed by atoms with van der Waals surface area (Å²) in [5.74, 6) is 0. The molecule has 3 heteroatoms. The van der Waals surface area contributed by atoms with Crippen molar-refractivity contribution in [3.05, 3.63) is 28.7 Å². The second-order valence-electron chi connectivity index (χ2n) is 2.31. The van der Waals surface area contributed by atoms with E-state index in [0.29, 0.717) is 13.0 Å². The molecule has 12 heavy (non-hydrogen) atoms. The largest absolute Gasteiger partial charge is 0.383 e. The molecule has 1 N–H and O–H groups in total. The van der Waals surface area contributed by atoms with Crippen molar-refractivity contribution in [3.8, 4) is 6.07 Å². The number of nitrogens with zero attached hydrogens (tertiary/aromatic N) is 1. The topological polar surface area (TPSA) is 35.8 Å². The van der Waals surface area contributed by atoms with E-state index in [1.807, 2.05) is 24.3 Å². The van der Waals surface area contributed by atoms with Crippen LogP contribution in [0.3, 0.4) is 0 Å². The van der Waals surface area contributed by atoms with Gasteiger partial charge in [-0.3, -0.25) is 0 Å². The molecular formula is C9H9BrN2. The summed E-state index contributed by atoms with van der Waals surface area (Å²) in [5, 5.41) is 11.5. The summed E-state index contributed by atoms with van der Waals surface area (Å²) in [4.78, 5) is 0. The number of rotatable bonds is 3. The molecule has 0 atom stereocenters. The second kappa shape index (κ2) is 4.78. The van der Waals surface area contributed by atoms with E-state index in [0.717, 1.165) is 10.2 Å². The van der Waals surface area contributed by atoms with Crippen LogP contribution in [0.2, 0.25) is 0 Å². The number of benzene rings is 1. The predicted molar refractivity (Wildman–Crippen MR) is 52.9 cm³/mol. The van der Waals surface area contributed by atoms with Gasteiger partial charge in [-0.15, -0.1) is 0 Å². The Kier molecular flexibility index (Phi) is 3.62. The van der Waals surface area contributed by atoms with Crippen LogP contribution in [0.1, 0.15) is 6.42 Å². The molecule has 0 saturated carbocycles. The van der Waals surface area contributed by atoms with E-state index in [9.17, 15) is 0 Å². The minimum atomic E-state index is 0.529. The summed E-state index contributed by atoms with van der Waals surface area (Å²) >= 11 is 3.40. The second-order valence-corrected chi connectivity index (χ2v) is 3.17. The lowest BCUT2D eigenvalue weighted by molar-refractivity contribution is 1.07. The quantitative estimate of drug-likeness (QED) is 0.802. The normalized spacial score (nSPS) is 9.00. The molecule has 1 rings (SSSR count). The van der Waals surface area contributed by atoms with E-state index in [1.165, 1.54) is 0 Å². The maximum Gasteiger partial charge on any atom is 0.0640 e. The number of para-hydroxylation sites is 1. The van der Waals surface area contributed by atoms with Crippen LogP contribution >= 0.6 is 15.9 Å². The van der Waals surface area contributed by atoms with Crippen LogP contribution in [0.15, 0.2) is 28.7 Å². The minimum Gasteiger partial charge on any atom is -0.383 e. The summed E-state index contributed by atoms with van der Waals surface area (Å²) in [6, 6.07) is 9.94. The Balaban J connectivity index is 2.53. The molecule has 1 aromatic rings. The van der Waals surface area contributed by atoms with Crippen LogP contribution in [-0.2, 0) is 0 Å². The molecule has 0 fully saturated rings. The molecule has 0 unspecified atom stereocenters. The Morgan fingerprint density at radius 1 is 1.42 bits per heavy atom. The van der Waals surface area contributed by atoms with Crippen molar-refractivity contribution in [1.29, 1.82) is 5.26 Å². The zero-order valence-electron chi connectivity index (χ0n) is 6.55. The zero-order chi connectivity index (χ0) is 8.81. The van der Waals surface area contributed by atoms with E-state index < -0.39 is 0 Å². The molecule has 0 spiro atoms. The van der Waals surface area contributed by atoms with Crippen LogP contribution in [-0.4, -0.2) is 6.54 Å². The lowest BCUT2D eigenvalue weighted by Crippen LogP contribution is -2.00. The number of hydrogen-bond acceptors (Lipinski definition) is 2. The molecule has 0 saturated heterocycles. The highest BCUT2D eigenvalue weighted by atomic mass is 79.9. The van der Waals surface area contributed by atoms with Crippen LogP contribution in [0.5, 0.6) is 0 Å². The van der Waals surface area contributed by atoms with Crippen molar-refractivity contribution in [2.24, 2.45) is 0 Å². The molecule has 62 valence electrons. The highest BCUT2D eigenvalue weighted by molar-refractivity contribution is 9.10. The molecule has 0 heterocycles. The van der Waals surface area contributed by atoms with Crippen molar-refractivity contribution in [2.75, 3.05) is 11.9 Å². The third-order valence-electron chi connectivity index (χ3n) is 1.43. The van der Waals surface area contributed by atoms with Crippen LogP contribution < -0.4 is 5.32 Å². The summed E-state index contributed by atoms with van der Waals surface area (Å²) in [6.45, 7) is 0.694. The lowest BCUT2D eigenvalue weighted by atomic mass is 10.3. The lowest BCUT2D eigenvalue weighted by Gasteiger charge is -2.04. The van der Waals surface area contributed by atoms with Gasteiger partial charge in [0, 0.05) is 16.7 Å². The summed E-state index contributed by atoms with van der Waals surface area (Å²) < 4.78 is 1.03. The van der Waals surface area contributed by atoms with Gasteiger partial charge in [0.05, 0.1) is 12.5 Å². The fraction of sp³-hybridized carbons (Fsp3) is 0.222. The van der Waals surface area contributed by atoms with E-state index in [1.54, 1.807) is 0 Å². The van der Waals surface area contributed by atoms with Crippen LogP contribution in [0, 0.1) is 11.3 Å². The molecule has 0 aliphatic carbocycles. The van der Waals surface area contributed by atoms with Gasteiger partial charge in [-0.1, -0.05) is 12.1 Å². The van der Waals surface area contributed by atoms with Gasteiger partial charge in [-0.2, -0.15) is 5.26 Å². The van der Waals surface area contributed by atoms with Crippen LogP contribution in [0.25, 0.3) is 0 Å². The van der Waals surface area contributed by atoms with Crippen molar-refractivity contribution in [2.45, 2.75) is 6.42 Å². The highest BCUT2D eigenvalue weighted by Gasteiger charge is 1.94. The Bertz CT molecular complexity index is 291. The van der Waals surface area contributed by atoms with E-state index in [4.69, 9.17) is 5.26 Å². The molecule has 0 aliphatic heterocycles. The molecule has 0 aliphatic rings. The standard InChI is InChI=1S/C9H9BrN2/c10-8-4-1-2-5-9(8)12-7-3-6-11/h1-2,4-5,12H,3,7H2. The molecule has 1 aromatic carbocycles. The van der Waals surface area contributed by atoms with Gasteiger partial charge in [0.25, 0.3) is 0 Å². The summed E-state index contributed by atoms with van der Waals surface area (Å²) in [5.41, 5.74) is 1.03. The van der Waals surface area contributed by atoms with Crippen molar-refractivity contribution in [1.82, 2.24) is 0 Å². The smallest absolute Gasteiger partial charge is 0.0640 e. The van der Waals surface area contributed by atoms with Gasteiger partial charge < -0.3 is 5.32 Å². The Morgan fingerprint density at radius 3 is 2.83 bits per heavy atom. The number of nitriles is 1. The van der Waals surface area contributed by atoms with E-state index >= 15 is 0 Å². The van der Waals surface area contributed by atoms with Crippen LogP contribution in [0.4, 0.5) is 5.69 Å². The maximum atomic E-state index is 8.31. The number of hydrogen-bond donors (Lipinski definition) is 1. The number of nitrogens with one attached hydrogen (secondary N) is 1. The minimum absolute atomic E-state index is 0.529. The fourth-order valence-corrected chi connectivity index (χ4v) is 1.28. The van der Waals surface area contributed by atoms with Gasteiger partial charge in [0.2, 0.25) is 0 Å². The van der Waals surface area contributed by atoms with Gasteiger partial charge in [-0.05, 0) is 28.1 Å². The SMILES string of the molecule is N#CCCNc1ccccc1Br. The number of halogens is 1. The van der Waals surface area contributed by atoms with Gasteiger partial charge in [0.1, 0.15) is 0 Å². The molecule has 0 aromatic heterocycles. The van der Waals surface area contributed by atoms with E-state index in [2.05, 4.69) is 27.3 Å². The Morgan fingerprint density at radius 2 is 2.17 bits per heavy atom. The number of anilines is 1. The average Bonchev–Trinajstić information content (AvgIpc) is 2.09. The molecule has 0 amide bonds. The Labute approximate surface area is 80.3 Å². The van der Waals surface area contributed by atoms with Gasteiger partial charge >= 0.3 is 0 Å². The molecule has 0 radical (unpaired) electrons. The molecule has 2 nitrogen and oxygen atoms in total. The van der Waals surface area contributed by atoms with Crippen molar-refractivity contribution in [3.63, 3.8) is 0 Å². The first-order valence-electron chi connectivity index (χ1n) is 3.70. The maximum absolute atomic E-state index is 8.31. The van der Waals surface area contributed by atoms with Gasteiger partial charge in [0.15, 0.2) is 0 Å². The summed E-state index contributed by atoms with van der Waals surface area (Å²) in [6.07, 6.45) is 0.529. The van der Waals surface area contributed by atoms with Gasteiger partial charge in [-0.25, -0.2) is 0 Å².